The van der Waals surface area contributed by atoms with Gasteiger partial charge in [0.1, 0.15) is 21.3 Å². The molecule has 1 fully saturated rings. The van der Waals surface area contributed by atoms with Crippen LogP contribution >= 0.6 is 11.6 Å². The Morgan fingerprint density at radius 2 is 1.93 bits per heavy atom. The van der Waals surface area contributed by atoms with Crippen LogP contribution in [0.15, 0.2) is 65.2 Å². The molecule has 2 N–H and O–H groups in total. The molecule has 7 rings (SSSR count). The highest BCUT2D eigenvalue weighted by molar-refractivity contribution is 7.92. The maximum Gasteiger partial charge on any atom is 0.286 e. The molecule has 0 radical (unpaired) electrons. The number of nitrogens with one attached hydrogen (secondary N) is 1. The summed E-state index contributed by atoms with van der Waals surface area (Å²) in [5.74, 6) is -0.691. The van der Waals surface area contributed by atoms with Crippen LogP contribution in [0.2, 0.25) is 5.02 Å². The third-order valence-electron chi connectivity index (χ3n) is 11.5. The Hall–Kier alpha value is -3.72. The molecule has 1 aromatic heterocycles. The van der Waals surface area contributed by atoms with Gasteiger partial charge in [0.2, 0.25) is 0 Å². The summed E-state index contributed by atoms with van der Waals surface area (Å²) >= 11 is 6.46. The first-order valence-corrected chi connectivity index (χ1v) is 21.6. The van der Waals surface area contributed by atoms with Crippen LogP contribution in [0, 0.1) is 17.8 Å². The summed E-state index contributed by atoms with van der Waals surface area (Å²) in [6.45, 7) is 4.80. The molecule has 4 aliphatic rings. The molecule has 302 valence electrons. The van der Waals surface area contributed by atoms with Crippen molar-refractivity contribution in [3.63, 3.8) is 0 Å². The van der Waals surface area contributed by atoms with Gasteiger partial charge in [0.25, 0.3) is 11.8 Å². The van der Waals surface area contributed by atoms with Gasteiger partial charge < -0.3 is 33.5 Å². The van der Waals surface area contributed by atoms with Crippen LogP contribution in [-0.2, 0) is 50.2 Å². The van der Waals surface area contributed by atoms with E-state index < -0.39 is 33.4 Å². The highest BCUT2D eigenvalue weighted by atomic mass is 35.5. The fourth-order valence-electron chi connectivity index (χ4n) is 8.42. The van der Waals surface area contributed by atoms with E-state index in [0.717, 1.165) is 49.0 Å². The molecule has 4 heterocycles. The molecule has 12 nitrogen and oxygen atoms in total. The van der Waals surface area contributed by atoms with Crippen molar-refractivity contribution in [1.82, 2.24) is 9.29 Å². The lowest BCUT2D eigenvalue weighted by atomic mass is 9.70. The minimum Gasteiger partial charge on any atom is -0.491 e. The van der Waals surface area contributed by atoms with Gasteiger partial charge in [-0.1, -0.05) is 36.7 Å². The number of allylic oxidation sites excluding steroid dienone is 1. The van der Waals surface area contributed by atoms with Gasteiger partial charge in [-0.2, -0.15) is 0 Å². The Kier molecular flexibility index (Phi) is 12.6. The number of aromatic nitrogens is 1. The first kappa shape index (κ1) is 40.5. The fraction of sp³-hybridized carbons (Fsp3) is 0.524. The summed E-state index contributed by atoms with van der Waals surface area (Å²) in [7, 11) is -0.447. The number of ether oxygens (including phenoxy) is 4. The van der Waals surface area contributed by atoms with E-state index in [0.29, 0.717) is 56.6 Å². The Bertz CT molecular complexity index is 2070. The van der Waals surface area contributed by atoms with E-state index in [-0.39, 0.29) is 41.2 Å². The number of amides is 2. The summed E-state index contributed by atoms with van der Waals surface area (Å²) in [6, 6.07) is 12.9. The van der Waals surface area contributed by atoms with Crippen molar-refractivity contribution in [2.75, 3.05) is 51.2 Å². The van der Waals surface area contributed by atoms with E-state index >= 15 is 0 Å². The average molecular weight is 809 g/mol. The van der Waals surface area contributed by atoms with Crippen molar-refractivity contribution in [3.8, 4) is 5.75 Å². The molecule has 0 spiro atoms. The zero-order chi connectivity index (χ0) is 39.5. The second-order valence-corrected chi connectivity index (χ2v) is 18.3. The molecule has 14 heteroatoms. The quantitative estimate of drug-likeness (QED) is 0.272. The third kappa shape index (κ3) is 9.19. The van der Waals surface area contributed by atoms with Crippen LogP contribution in [0.3, 0.4) is 0 Å². The number of rotatable bonds is 6. The summed E-state index contributed by atoms with van der Waals surface area (Å²) in [5, 5.41) is 12.1. The number of aryl methyl sites for hydroxylation is 1. The predicted octanol–water partition coefficient (Wildman–Crippen LogP) is 6.36. The molecular weight excluding hydrogens is 756 g/mol. The van der Waals surface area contributed by atoms with E-state index in [2.05, 4.69) is 20.1 Å². The minimum atomic E-state index is -3.64. The molecule has 5 atom stereocenters. The molecule has 1 aliphatic carbocycles. The van der Waals surface area contributed by atoms with Crippen LogP contribution < -0.4 is 14.4 Å². The number of aliphatic hydroxyl groups excluding tert-OH is 1. The molecule has 1 unspecified atom stereocenters. The lowest BCUT2D eigenvalue weighted by molar-refractivity contribution is -0.153. The molecular formula is C42H53ClN4O8S. The zero-order valence-corrected chi connectivity index (χ0v) is 34.0. The molecule has 1 saturated carbocycles. The van der Waals surface area contributed by atoms with Gasteiger partial charge in [0, 0.05) is 49.8 Å². The van der Waals surface area contributed by atoms with Gasteiger partial charge in [0.15, 0.2) is 0 Å². The number of nitrogens with zero attached hydrogens (tertiary/aromatic N) is 3. The van der Waals surface area contributed by atoms with Crippen LogP contribution in [-0.4, -0.2) is 83.7 Å². The van der Waals surface area contributed by atoms with Crippen molar-refractivity contribution in [1.29, 1.82) is 0 Å². The van der Waals surface area contributed by atoms with Crippen molar-refractivity contribution >= 4 is 39.0 Å². The fourth-order valence-corrected chi connectivity index (χ4v) is 10.5. The number of hydrogen-bond donors (Lipinski definition) is 2. The van der Waals surface area contributed by atoms with Crippen LogP contribution in [0.5, 0.6) is 5.75 Å². The Labute approximate surface area is 334 Å². The summed E-state index contributed by atoms with van der Waals surface area (Å²) in [5.41, 5.74) is 3.59. The lowest BCUT2D eigenvalue weighted by Crippen LogP contribution is -2.48. The van der Waals surface area contributed by atoms with Gasteiger partial charge in [-0.25, -0.2) is 4.21 Å². The largest absolute Gasteiger partial charge is 0.491 e. The first-order valence-electron chi connectivity index (χ1n) is 19.5. The number of aliphatic hydroxyl groups is 1. The Morgan fingerprint density at radius 3 is 2.70 bits per heavy atom. The summed E-state index contributed by atoms with van der Waals surface area (Å²) in [6.07, 6.45) is 9.79. The number of carbonyl (C=O) groups excluding carboxylic acids is 2. The van der Waals surface area contributed by atoms with Crippen LogP contribution in [0.25, 0.3) is 0 Å². The van der Waals surface area contributed by atoms with E-state index in [1.165, 1.54) is 5.56 Å². The molecule has 2 amide bonds. The lowest BCUT2D eigenvalue weighted by Gasteiger charge is -2.42. The summed E-state index contributed by atoms with van der Waals surface area (Å²) < 4.78 is 47.0. The maximum absolute atomic E-state index is 14.8. The molecule has 0 saturated heterocycles. The Balaban J connectivity index is 1.25. The average Bonchev–Trinajstić information content (AvgIpc) is 3.55. The highest BCUT2D eigenvalue weighted by Crippen LogP contribution is 2.41. The topological polar surface area (TPSA) is 141 Å². The first-order chi connectivity index (χ1) is 27.0. The third-order valence-corrected chi connectivity index (χ3v) is 13.7. The SMILES string of the molecule is COCC1(COC)Cn2cc(C(=O)NS3(=O)=NC(=O)c4ccc5c(c4)N(Cc4ccc(Cl)cc4CCCCO5)C[C@@H]4CC[C@H]4[C@@H](O)/C=C/C[C@H](C)C3)cc2CO1. The Morgan fingerprint density at radius 1 is 1.11 bits per heavy atom. The minimum absolute atomic E-state index is 0.0674. The zero-order valence-electron chi connectivity index (χ0n) is 32.4. The molecule has 2 bridgehead atoms. The second-order valence-electron chi connectivity index (χ2n) is 15.9. The smallest absolute Gasteiger partial charge is 0.286 e. The number of benzene rings is 2. The number of hydrogen-bond acceptors (Lipinski definition) is 9. The molecule has 56 heavy (non-hydrogen) atoms. The van der Waals surface area contributed by atoms with Gasteiger partial charge in [-0.15, -0.1) is 4.36 Å². The normalized spacial score (nSPS) is 27.2. The van der Waals surface area contributed by atoms with E-state index in [1.54, 1.807) is 44.7 Å². The maximum atomic E-state index is 14.8. The van der Waals surface area contributed by atoms with Gasteiger partial charge in [0.05, 0.1) is 56.1 Å². The van der Waals surface area contributed by atoms with Crippen molar-refractivity contribution in [3.05, 3.63) is 93.8 Å². The van der Waals surface area contributed by atoms with E-state index in [9.17, 15) is 18.9 Å². The van der Waals surface area contributed by atoms with Crippen LogP contribution in [0.4, 0.5) is 5.69 Å². The number of carbonyl (C=O) groups is 2. The molecule has 3 aliphatic heterocycles. The molecule has 3 aromatic rings. The molecule has 2 aromatic carbocycles. The van der Waals surface area contributed by atoms with Crippen molar-refractivity contribution in [2.24, 2.45) is 22.1 Å². The van der Waals surface area contributed by atoms with E-state index in [1.807, 2.05) is 35.8 Å². The number of halogens is 1. The highest BCUT2D eigenvalue weighted by Gasteiger charge is 2.38. The van der Waals surface area contributed by atoms with Gasteiger partial charge in [-0.05, 0) is 104 Å². The monoisotopic (exact) mass is 808 g/mol. The van der Waals surface area contributed by atoms with Crippen molar-refractivity contribution in [2.45, 2.75) is 76.9 Å². The number of anilines is 1. The second kappa shape index (κ2) is 17.4. The van der Waals surface area contributed by atoms with Gasteiger partial charge >= 0.3 is 0 Å². The number of fused-ring (bicyclic) bond motifs is 4. The van der Waals surface area contributed by atoms with Crippen LogP contribution in [0.1, 0.15) is 76.6 Å². The predicted molar refractivity (Wildman–Crippen MR) is 215 cm³/mol. The van der Waals surface area contributed by atoms with E-state index in [4.69, 9.17) is 30.5 Å². The summed E-state index contributed by atoms with van der Waals surface area (Å²) in [4.78, 5) is 30.3. The standard InChI is InChI=1S/C42H53ClN4O8S/c1-28-7-6-9-38(48)36-14-11-32(36)21-46-20-31-10-13-34(43)17-29(31)8-4-5-16-54-39-15-12-30(19-37(39)46)40(49)44-56(51,24-28)45-41(50)33-18-35-23-55-42(26-52-2,27-53-3)25-47(35)22-33/h6,9-10,12-13,15,17-19,22,28,32,36,38,48H,4-5,7-8,11,14,16,20-21,23-27H2,1-3H3,(H,44,45,49,50,51)/b9-6+/t28-,32-,36+,38-,56?/m0/s1. The van der Waals surface area contributed by atoms with Crippen molar-refractivity contribution < 1.29 is 37.9 Å². The number of methoxy groups -OCH3 is 2. The van der Waals surface area contributed by atoms with Gasteiger partial charge in [-0.3, -0.25) is 14.3 Å².